The molecule has 4 heteroatoms. The van der Waals surface area contributed by atoms with Gasteiger partial charge in [0.25, 0.3) is 0 Å². The number of nitrogen functional groups attached to an aromatic ring is 1. The van der Waals surface area contributed by atoms with Crippen LogP contribution in [0.5, 0.6) is 5.75 Å². The summed E-state index contributed by atoms with van der Waals surface area (Å²) in [5.74, 6) is 6.56. The molecule has 2 aromatic carbocycles. The molecule has 0 saturated heterocycles. The Balaban J connectivity index is 2.33. The maximum Gasteiger partial charge on any atom is 0.139 e. The highest BCUT2D eigenvalue weighted by Gasteiger charge is 2.06. The van der Waals surface area contributed by atoms with E-state index in [0.29, 0.717) is 33.7 Å². The summed E-state index contributed by atoms with van der Waals surface area (Å²) in [5.41, 5.74) is 7.86. The molecular weight excluding hydrogens is 293 g/mol. The van der Waals surface area contributed by atoms with Crippen molar-refractivity contribution in [2.75, 3.05) is 12.3 Å². The number of hydrogen-bond donors (Lipinski definition) is 1. The molecule has 0 aliphatic carbocycles. The smallest absolute Gasteiger partial charge is 0.139 e. The van der Waals surface area contributed by atoms with Crippen molar-refractivity contribution in [2.24, 2.45) is 0 Å². The first-order valence-electron chi connectivity index (χ1n) is 6.09. The van der Waals surface area contributed by atoms with Crippen LogP contribution in [-0.4, -0.2) is 6.61 Å². The second-order valence-corrected chi connectivity index (χ2v) is 4.89. The van der Waals surface area contributed by atoms with Crippen LogP contribution >= 0.6 is 23.2 Å². The first-order valence-corrected chi connectivity index (χ1v) is 6.85. The van der Waals surface area contributed by atoms with Crippen molar-refractivity contribution in [3.05, 3.63) is 57.6 Å². The predicted molar refractivity (Wildman–Crippen MR) is 84.5 cm³/mol. The summed E-state index contributed by atoms with van der Waals surface area (Å²) < 4.78 is 5.37. The van der Waals surface area contributed by atoms with Crippen LogP contribution in [0.3, 0.4) is 0 Å². The molecule has 0 unspecified atom stereocenters. The van der Waals surface area contributed by atoms with Gasteiger partial charge in [0, 0.05) is 22.9 Å². The highest BCUT2D eigenvalue weighted by molar-refractivity contribution is 6.35. The van der Waals surface area contributed by atoms with E-state index < -0.39 is 0 Å². The van der Waals surface area contributed by atoms with E-state index in [9.17, 15) is 0 Å². The Kier molecular flexibility index (Phi) is 4.79. The molecule has 0 saturated carbocycles. The molecule has 102 valence electrons. The molecule has 0 radical (unpaired) electrons. The molecule has 0 aliphatic heterocycles. The van der Waals surface area contributed by atoms with Crippen molar-refractivity contribution in [2.45, 2.75) is 6.92 Å². The van der Waals surface area contributed by atoms with Gasteiger partial charge in [0.05, 0.1) is 16.7 Å². The Hall–Kier alpha value is -1.82. The molecule has 0 heterocycles. The number of halogens is 2. The Bertz CT molecular complexity index is 687. The number of rotatable bonds is 2. The zero-order valence-electron chi connectivity index (χ0n) is 10.9. The van der Waals surface area contributed by atoms with Gasteiger partial charge in [-0.3, -0.25) is 0 Å². The summed E-state index contributed by atoms with van der Waals surface area (Å²) in [6.45, 7) is 2.42. The van der Waals surface area contributed by atoms with Crippen LogP contribution in [0.25, 0.3) is 0 Å². The molecule has 0 spiro atoms. The Labute approximate surface area is 128 Å². The number of benzene rings is 2. The van der Waals surface area contributed by atoms with Gasteiger partial charge in [-0.05, 0) is 31.2 Å². The minimum absolute atomic E-state index is 0.494. The van der Waals surface area contributed by atoms with Crippen molar-refractivity contribution in [3.63, 3.8) is 0 Å². The van der Waals surface area contributed by atoms with Gasteiger partial charge in [0.15, 0.2) is 0 Å². The van der Waals surface area contributed by atoms with Crippen LogP contribution in [0, 0.1) is 11.8 Å². The first kappa shape index (κ1) is 14.6. The van der Waals surface area contributed by atoms with Gasteiger partial charge in [0.1, 0.15) is 5.75 Å². The Morgan fingerprint density at radius 2 is 1.90 bits per heavy atom. The molecule has 0 bridgehead atoms. The van der Waals surface area contributed by atoms with Gasteiger partial charge in [-0.2, -0.15) is 0 Å². The van der Waals surface area contributed by atoms with Crippen LogP contribution in [0.1, 0.15) is 18.1 Å². The maximum atomic E-state index is 6.17. The summed E-state index contributed by atoms with van der Waals surface area (Å²) in [6.07, 6.45) is 0. The fourth-order valence-electron chi connectivity index (χ4n) is 1.65. The van der Waals surface area contributed by atoms with Crippen LogP contribution in [-0.2, 0) is 0 Å². The van der Waals surface area contributed by atoms with Crippen molar-refractivity contribution < 1.29 is 4.74 Å². The lowest BCUT2D eigenvalue weighted by molar-refractivity contribution is 0.340. The van der Waals surface area contributed by atoms with E-state index in [4.69, 9.17) is 33.7 Å². The average Bonchev–Trinajstić information content (AvgIpc) is 2.41. The molecule has 0 atom stereocenters. The fraction of sp³-hybridized carbons (Fsp3) is 0.125. The second kappa shape index (κ2) is 6.56. The third-order valence-corrected chi connectivity index (χ3v) is 3.16. The molecule has 0 amide bonds. The van der Waals surface area contributed by atoms with Gasteiger partial charge in [0.2, 0.25) is 0 Å². The minimum Gasteiger partial charge on any atom is -0.492 e. The quantitative estimate of drug-likeness (QED) is 0.660. The molecule has 2 rings (SSSR count). The molecule has 20 heavy (non-hydrogen) atoms. The highest BCUT2D eigenvalue weighted by Crippen LogP contribution is 2.30. The molecule has 2 aromatic rings. The monoisotopic (exact) mass is 305 g/mol. The molecular formula is C16H13Cl2NO. The molecule has 2 N–H and O–H groups in total. The third kappa shape index (κ3) is 3.60. The van der Waals surface area contributed by atoms with Gasteiger partial charge < -0.3 is 10.5 Å². The predicted octanol–water partition coefficient (Wildman–Crippen LogP) is 4.37. The van der Waals surface area contributed by atoms with Crippen molar-refractivity contribution in [1.82, 2.24) is 0 Å². The zero-order chi connectivity index (χ0) is 14.5. The number of ether oxygens (including phenoxy) is 1. The van der Waals surface area contributed by atoms with E-state index in [0.717, 1.165) is 5.56 Å². The molecule has 0 aliphatic rings. The van der Waals surface area contributed by atoms with Crippen LogP contribution in [0.15, 0.2) is 36.4 Å². The van der Waals surface area contributed by atoms with Crippen LogP contribution in [0.2, 0.25) is 10.0 Å². The lowest BCUT2D eigenvalue weighted by atomic mass is 10.1. The summed E-state index contributed by atoms with van der Waals surface area (Å²) in [7, 11) is 0. The van der Waals surface area contributed by atoms with E-state index in [1.54, 1.807) is 18.2 Å². The van der Waals surface area contributed by atoms with E-state index in [2.05, 4.69) is 11.8 Å². The molecule has 2 nitrogen and oxygen atoms in total. The van der Waals surface area contributed by atoms with Crippen LogP contribution in [0.4, 0.5) is 5.69 Å². The average molecular weight is 306 g/mol. The lowest BCUT2D eigenvalue weighted by Crippen LogP contribution is -1.93. The van der Waals surface area contributed by atoms with Crippen molar-refractivity contribution >= 4 is 28.9 Å². The molecule has 0 aromatic heterocycles. The summed E-state index contributed by atoms with van der Waals surface area (Å²) >= 11 is 12.3. The SMILES string of the molecule is CCOc1cc(Cl)c(C#Cc2cccc(N)c2)cc1Cl. The molecule has 0 fully saturated rings. The summed E-state index contributed by atoms with van der Waals surface area (Å²) in [4.78, 5) is 0. The maximum absolute atomic E-state index is 6.17. The number of anilines is 1. The van der Waals surface area contributed by atoms with E-state index >= 15 is 0 Å². The van der Waals surface area contributed by atoms with Gasteiger partial charge in [-0.1, -0.05) is 41.1 Å². The standard InChI is InChI=1S/C16H13Cl2NO/c1-2-20-16-10-14(17)12(9-15(16)18)7-6-11-4-3-5-13(19)8-11/h3-5,8-10H,2,19H2,1H3. The Morgan fingerprint density at radius 1 is 1.10 bits per heavy atom. The fourth-order valence-corrected chi connectivity index (χ4v) is 2.07. The number of nitrogens with two attached hydrogens (primary N) is 1. The Morgan fingerprint density at radius 3 is 2.60 bits per heavy atom. The summed E-state index contributed by atoms with van der Waals surface area (Å²) in [5, 5.41) is 1.00. The first-order chi connectivity index (χ1) is 9.60. The normalized spacial score (nSPS) is 9.75. The van der Waals surface area contributed by atoms with Crippen molar-refractivity contribution in [1.29, 1.82) is 0 Å². The van der Waals surface area contributed by atoms with Crippen LogP contribution < -0.4 is 10.5 Å². The third-order valence-electron chi connectivity index (χ3n) is 2.55. The van der Waals surface area contributed by atoms with Gasteiger partial charge in [-0.15, -0.1) is 0 Å². The zero-order valence-corrected chi connectivity index (χ0v) is 12.4. The highest BCUT2D eigenvalue weighted by atomic mass is 35.5. The van der Waals surface area contributed by atoms with Gasteiger partial charge >= 0.3 is 0 Å². The van der Waals surface area contributed by atoms with Gasteiger partial charge in [-0.25, -0.2) is 0 Å². The lowest BCUT2D eigenvalue weighted by Gasteiger charge is -2.07. The topological polar surface area (TPSA) is 35.2 Å². The minimum atomic E-state index is 0.494. The van der Waals surface area contributed by atoms with E-state index in [1.165, 1.54) is 0 Å². The second-order valence-electron chi connectivity index (χ2n) is 4.07. The largest absolute Gasteiger partial charge is 0.492 e. The number of hydrogen-bond acceptors (Lipinski definition) is 2. The van der Waals surface area contributed by atoms with E-state index in [-0.39, 0.29) is 0 Å². The summed E-state index contributed by atoms with van der Waals surface area (Å²) in [6, 6.07) is 10.7. The van der Waals surface area contributed by atoms with Crippen molar-refractivity contribution in [3.8, 4) is 17.6 Å². The van der Waals surface area contributed by atoms with E-state index in [1.807, 2.05) is 25.1 Å².